The predicted octanol–water partition coefficient (Wildman–Crippen LogP) is 4.07. The highest BCUT2D eigenvalue weighted by atomic mass is 79.9. The third-order valence-electron chi connectivity index (χ3n) is 3.09. The fourth-order valence-corrected chi connectivity index (χ4v) is 2.31. The molecule has 0 saturated carbocycles. The number of anilines is 1. The van der Waals surface area contributed by atoms with Crippen LogP contribution in [0.2, 0.25) is 0 Å². The van der Waals surface area contributed by atoms with E-state index in [1.807, 2.05) is 6.07 Å². The molecule has 0 heterocycles. The van der Waals surface area contributed by atoms with E-state index in [1.54, 1.807) is 38.1 Å². The first kappa shape index (κ1) is 17.0. The maximum absolute atomic E-state index is 12.2. The number of carbonyl (C=O) groups is 1. The Bertz CT molecular complexity index is 749. The first-order valence-corrected chi connectivity index (χ1v) is 7.64. The molecule has 0 saturated heterocycles. The molecule has 0 aliphatic heterocycles. The fourth-order valence-electron chi connectivity index (χ4n) is 1.93. The third-order valence-corrected chi connectivity index (χ3v) is 3.58. The molecule has 2 aromatic carbocycles. The zero-order valence-electron chi connectivity index (χ0n) is 12.6. The average molecular weight is 379 g/mol. The summed E-state index contributed by atoms with van der Waals surface area (Å²) in [6.07, 6.45) is -0.801. The lowest BCUT2D eigenvalue weighted by atomic mass is 10.2. The van der Waals surface area contributed by atoms with Crippen molar-refractivity contribution < 1.29 is 14.5 Å². The number of amides is 1. The molecule has 1 unspecified atom stereocenters. The molecule has 7 heteroatoms. The van der Waals surface area contributed by atoms with E-state index in [9.17, 15) is 14.9 Å². The molecule has 2 rings (SSSR count). The number of benzene rings is 2. The monoisotopic (exact) mass is 378 g/mol. The number of rotatable bonds is 5. The van der Waals surface area contributed by atoms with Crippen LogP contribution in [0.25, 0.3) is 0 Å². The van der Waals surface area contributed by atoms with E-state index >= 15 is 0 Å². The summed E-state index contributed by atoms with van der Waals surface area (Å²) in [4.78, 5) is 22.7. The van der Waals surface area contributed by atoms with Crippen molar-refractivity contribution >= 4 is 33.2 Å². The van der Waals surface area contributed by atoms with Gasteiger partial charge in [0.2, 0.25) is 0 Å². The Kier molecular flexibility index (Phi) is 5.33. The van der Waals surface area contributed by atoms with Gasteiger partial charge in [-0.1, -0.05) is 28.1 Å². The van der Waals surface area contributed by atoms with Crippen LogP contribution in [0.4, 0.5) is 11.4 Å². The SMILES string of the molecule is Cc1ccc(NC(=O)C(C)Oc2cccc(Br)c2)c([N+](=O)[O-])c1. The van der Waals surface area contributed by atoms with Gasteiger partial charge in [0.05, 0.1) is 4.92 Å². The highest BCUT2D eigenvalue weighted by Crippen LogP contribution is 2.26. The molecule has 0 aromatic heterocycles. The summed E-state index contributed by atoms with van der Waals surface area (Å²) in [5, 5.41) is 13.6. The fraction of sp³-hybridized carbons (Fsp3) is 0.188. The minimum Gasteiger partial charge on any atom is -0.481 e. The molecule has 1 amide bonds. The summed E-state index contributed by atoms with van der Waals surface area (Å²) in [6.45, 7) is 3.33. The van der Waals surface area contributed by atoms with Gasteiger partial charge in [-0.15, -0.1) is 0 Å². The molecule has 2 aromatic rings. The van der Waals surface area contributed by atoms with Crippen LogP contribution in [0.5, 0.6) is 5.75 Å². The second-order valence-electron chi connectivity index (χ2n) is 4.98. The second kappa shape index (κ2) is 7.23. The number of aryl methyl sites for hydroxylation is 1. The number of carbonyl (C=O) groups excluding carboxylic acids is 1. The van der Waals surface area contributed by atoms with Crippen LogP contribution in [-0.4, -0.2) is 16.9 Å². The van der Waals surface area contributed by atoms with Gasteiger partial charge in [0.1, 0.15) is 11.4 Å². The quantitative estimate of drug-likeness (QED) is 0.627. The van der Waals surface area contributed by atoms with E-state index in [1.165, 1.54) is 12.1 Å². The van der Waals surface area contributed by atoms with E-state index in [-0.39, 0.29) is 11.4 Å². The lowest BCUT2D eigenvalue weighted by Crippen LogP contribution is -2.30. The molecule has 0 bridgehead atoms. The number of nitrogens with zero attached hydrogens (tertiary/aromatic N) is 1. The Morgan fingerprint density at radius 1 is 1.30 bits per heavy atom. The Morgan fingerprint density at radius 3 is 2.70 bits per heavy atom. The van der Waals surface area contributed by atoms with Gasteiger partial charge in [0.15, 0.2) is 6.10 Å². The normalized spacial score (nSPS) is 11.6. The maximum atomic E-state index is 12.2. The molecule has 1 atom stereocenters. The third kappa shape index (κ3) is 4.53. The minimum atomic E-state index is -0.801. The van der Waals surface area contributed by atoms with E-state index in [4.69, 9.17) is 4.74 Å². The summed E-state index contributed by atoms with van der Waals surface area (Å²) in [7, 11) is 0. The maximum Gasteiger partial charge on any atom is 0.293 e. The number of nitrogens with one attached hydrogen (secondary N) is 1. The van der Waals surface area contributed by atoms with Gasteiger partial charge < -0.3 is 10.1 Å². The number of hydrogen-bond acceptors (Lipinski definition) is 4. The standard InChI is InChI=1S/C16H15BrN2O4/c1-10-6-7-14(15(8-10)19(21)22)18-16(20)11(2)23-13-5-3-4-12(17)9-13/h3-9,11H,1-2H3,(H,18,20). The average Bonchev–Trinajstić information content (AvgIpc) is 2.48. The molecule has 6 nitrogen and oxygen atoms in total. The molecule has 0 spiro atoms. The van der Waals surface area contributed by atoms with Crippen LogP contribution >= 0.6 is 15.9 Å². The van der Waals surface area contributed by atoms with Crippen LogP contribution in [-0.2, 0) is 4.79 Å². The molecule has 0 fully saturated rings. The van der Waals surface area contributed by atoms with Gasteiger partial charge in [-0.05, 0) is 43.7 Å². The van der Waals surface area contributed by atoms with Crippen LogP contribution in [0.1, 0.15) is 12.5 Å². The summed E-state index contributed by atoms with van der Waals surface area (Å²) < 4.78 is 6.37. The highest BCUT2D eigenvalue weighted by Gasteiger charge is 2.20. The van der Waals surface area contributed by atoms with Gasteiger partial charge in [-0.3, -0.25) is 14.9 Å². The van der Waals surface area contributed by atoms with Crippen molar-refractivity contribution in [3.05, 3.63) is 62.6 Å². The van der Waals surface area contributed by atoms with Crippen molar-refractivity contribution in [1.29, 1.82) is 0 Å². The smallest absolute Gasteiger partial charge is 0.293 e. The van der Waals surface area contributed by atoms with Crippen molar-refractivity contribution in [2.75, 3.05) is 5.32 Å². The van der Waals surface area contributed by atoms with Gasteiger partial charge >= 0.3 is 0 Å². The molecule has 1 N–H and O–H groups in total. The molecular formula is C16H15BrN2O4. The second-order valence-corrected chi connectivity index (χ2v) is 5.90. The lowest BCUT2D eigenvalue weighted by Gasteiger charge is -2.15. The van der Waals surface area contributed by atoms with Crippen LogP contribution in [0.15, 0.2) is 46.9 Å². The predicted molar refractivity (Wildman–Crippen MR) is 90.7 cm³/mol. The van der Waals surface area contributed by atoms with Gasteiger partial charge in [-0.2, -0.15) is 0 Å². The lowest BCUT2D eigenvalue weighted by molar-refractivity contribution is -0.384. The zero-order chi connectivity index (χ0) is 17.0. The first-order chi connectivity index (χ1) is 10.9. The number of nitro benzene ring substituents is 1. The van der Waals surface area contributed by atoms with Crippen molar-refractivity contribution in [3.63, 3.8) is 0 Å². The van der Waals surface area contributed by atoms with Crippen LogP contribution < -0.4 is 10.1 Å². The Morgan fingerprint density at radius 2 is 2.04 bits per heavy atom. The first-order valence-electron chi connectivity index (χ1n) is 6.85. The Labute approximate surface area is 141 Å². The largest absolute Gasteiger partial charge is 0.481 e. The summed E-state index contributed by atoms with van der Waals surface area (Å²) in [5.74, 6) is 0.0670. The minimum absolute atomic E-state index is 0.145. The van der Waals surface area contributed by atoms with Crippen molar-refractivity contribution in [3.8, 4) is 5.75 Å². The Balaban J connectivity index is 2.11. The number of ether oxygens (including phenoxy) is 1. The number of hydrogen-bond donors (Lipinski definition) is 1. The molecule has 0 radical (unpaired) electrons. The summed E-state index contributed by atoms with van der Waals surface area (Å²) >= 11 is 3.32. The molecular weight excluding hydrogens is 364 g/mol. The van der Waals surface area contributed by atoms with Gasteiger partial charge in [0.25, 0.3) is 11.6 Å². The van der Waals surface area contributed by atoms with E-state index in [0.717, 1.165) is 10.0 Å². The van der Waals surface area contributed by atoms with Crippen LogP contribution in [0, 0.1) is 17.0 Å². The van der Waals surface area contributed by atoms with E-state index in [2.05, 4.69) is 21.2 Å². The van der Waals surface area contributed by atoms with Crippen molar-refractivity contribution in [2.24, 2.45) is 0 Å². The molecule has 0 aliphatic carbocycles. The van der Waals surface area contributed by atoms with Gasteiger partial charge in [-0.25, -0.2) is 0 Å². The number of halogens is 1. The van der Waals surface area contributed by atoms with Crippen LogP contribution in [0.3, 0.4) is 0 Å². The van der Waals surface area contributed by atoms with Crippen molar-refractivity contribution in [2.45, 2.75) is 20.0 Å². The van der Waals surface area contributed by atoms with Gasteiger partial charge in [0, 0.05) is 10.5 Å². The van der Waals surface area contributed by atoms with E-state index in [0.29, 0.717) is 5.75 Å². The number of nitro groups is 1. The van der Waals surface area contributed by atoms with Crippen molar-refractivity contribution in [1.82, 2.24) is 0 Å². The topological polar surface area (TPSA) is 81.5 Å². The zero-order valence-corrected chi connectivity index (χ0v) is 14.2. The summed E-state index contributed by atoms with van der Waals surface area (Å²) in [6, 6.07) is 11.7. The Hall–Kier alpha value is -2.41. The summed E-state index contributed by atoms with van der Waals surface area (Å²) in [5.41, 5.74) is 0.747. The molecule has 120 valence electrons. The highest BCUT2D eigenvalue weighted by molar-refractivity contribution is 9.10. The molecule has 23 heavy (non-hydrogen) atoms. The molecule has 0 aliphatic rings. The van der Waals surface area contributed by atoms with E-state index < -0.39 is 16.9 Å².